The second-order valence-electron chi connectivity index (χ2n) is 13.3. The standard InChI is InChI=1S/C48H29NOS/c1-3-11-36-30(9-1)19-24-41-42(27-32-10-2-4-12-37(32)48(36)41)31-17-20-33(21-18-31)49(34-23-26-47-43(28-34)40-14-6-8-16-46(40)51-47)35-22-25-39-38-13-5-7-15-44(38)50-45(39)29-35/h1-29H. The molecule has 0 fully saturated rings. The first-order chi connectivity index (χ1) is 25.3. The molecule has 0 saturated carbocycles. The zero-order valence-electron chi connectivity index (χ0n) is 27.5. The van der Waals surface area contributed by atoms with Crippen molar-refractivity contribution in [2.45, 2.75) is 0 Å². The van der Waals surface area contributed by atoms with Crippen molar-refractivity contribution in [3.63, 3.8) is 0 Å². The summed E-state index contributed by atoms with van der Waals surface area (Å²) in [6.07, 6.45) is 0. The van der Waals surface area contributed by atoms with E-state index >= 15 is 0 Å². The number of nitrogens with zero attached hydrogens (tertiary/aromatic N) is 1. The number of fused-ring (bicyclic) bond motifs is 11. The van der Waals surface area contributed by atoms with Crippen molar-refractivity contribution in [1.82, 2.24) is 0 Å². The molecule has 0 spiro atoms. The minimum atomic E-state index is 0.882. The summed E-state index contributed by atoms with van der Waals surface area (Å²) in [6.45, 7) is 0. The third-order valence-corrected chi connectivity index (χ3v) is 11.6. The van der Waals surface area contributed by atoms with Crippen LogP contribution in [0.4, 0.5) is 17.1 Å². The zero-order chi connectivity index (χ0) is 33.5. The van der Waals surface area contributed by atoms with Gasteiger partial charge in [0.2, 0.25) is 0 Å². The van der Waals surface area contributed by atoms with Crippen LogP contribution in [0.5, 0.6) is 0 Å². The van der Waals surface area contributed by atoms with E-state index in [1.807, 2.05) is 23.5 Å². The molecule has 2 nitrogen and oxygen atoms in total. The van der Waals surface area contributed by atoms with E-state index in [2.05, 4.69) is 169 Å². The fourth-order valence-corrected chi connectivity index (χ4v) is 9.14. The normalized spacial score (nSPS) is 11.9. The highest BCUT2D eigenvalue weighted by Gasteiger charge is 2.18. The van der Waals surface area contributed by atoms with Gasteiger partial charge in [0.05, 0.1) is 0 Å². The second kappa shape index (κ2) is 11.0. The second-order valence-corrected chi connectivity index (χ2v) is 14.4. The van der Waals surface area contributed by atoms with Crippen molar-refractivity contribution < 1.29 is 4.42 Å². The van der Waals surface area contributed by atoms with E-state index in [0.29, 0.717) is 0 Å². The minimum Gasteiger partial charge on any atom is -0.456 e. The number of para-hydroxylation sites is 1. The molecule has 0 N–H and O–H groups in total. The van der Waals surface area contributed by atoms with Gasteiger partial charge in [-0.15, -0.1) is 11.3 Å². The lowest BCUT2D eigenvalue weighted by Gasteiger charge is -2.26. The molecule has 9 aromatic carbocycles. The molecule has 51 heavy (non-hydrogen) atoms. The van der Waals surface area contributed by atoms with Crippen molar-refractivity contribution in [2.75, 3.05) is 4.90 Å². The lowest BCUT2D eigenvalue weighted by atomic mass is 9.90. The third kappa shape index (κ3) is 4.42. The molecule has 0 amide bonds. The van der Waals surface area contributed by atoms with Gasteiger partial charge in [-0.3, -0.25) is 0 Å². The molecular weight excluding hydrogens is 639 g/mol. The molecule has 0 bridgehead atoms. The van der Waals surface area contributed by atoms with Crippen LogP contribution < -0.4 is 4.90 Å². The molecular formula is C48H29NOS. The maximum absolute atomic E-state index is 6.39. The number of furan rings is 1. The molecule has 0 aliphatic carbocycles. The van der Waals surface area contributed by atoms with Crippen LogP contribution in [0, 0.1) is 0 Å². The largest absolute Gasteiger partial charge is 0.456 e. The van der Waals surface area contributed by atoms with Gasteiger partial charge >= 0.3 is 0 Å². The van der Waals surface area contributed by atoms with Gasteiger partial charge in [-0.25, -0.2) is 0 Å². The first-order valence-corrected chi connectivity index (χ1v) is 18.1. The van der Waals surface area contributed by atoms with Gasteiger partial charge in [-0.05, 0) is 104 Å². The molecule has 0 aliphatic heterocycles. The van der Waals surface area contributed by atoms with Gasteiger partial charge in [0, 0.05) is 54.1 Å². The Morgan fingerprint density at radius 2 is 0.980 bits per heavy atom. The van der Waals surface area contributed by atoms with Crippen molar-refractivity contribution in [3.05, 3.63) is 176 Å². The summed E-state index contributed by atoms with van der Waals surface area (Å²) >= 11 is 1.85. The fraction of sp³-hybridized carbons (Fsp3) is 0. The predicted molar refractivity (Wildman–Crippen MR) is 219 cm³/mol. The van der Waals surface area contributed by atoms with Crippen LogP contribution in [0.2, 0.25) is 0 Å². The average molecular weight is 668 g/mol. The van der Waals surface area contributed by atoms with Gasteiger partial charge in [-0.2, -0.15) is 0 Å². The summed E-state index contributed by atoms with van der Waals surface area (Å²) < 4.78 is 8.98. The monoisotopic (exact) mass is 667 g/mol. The first kappa shape index (κ1) is 28.4. The van der Waals surface area contributed by atoms with Crippen molar-refractivity contribution in [3.8, 4) is 11.1 Å². The van der Waals surface area contributed by atoms with Crippen LogP contribution in [-0.4, -0.2) is 0 Å². The van der Waals surface area contributed by atoms with Crippen LogP contribution in [0.3, 0.4) is 0 Å². The number of hydrogen-bond acceptors (Lipinski definition) is 3. The Morgan fingerprint density at radius 3 is 1.84 bits per heavy atom. The summed E-state index contributed by atoms with van der Waals surface area (Å²) in [5.74, 6) is 0. The molecule has 2 aromatic heterocycles. The van der Waals surface area contributed by atoms with Crippen LogP contribution in [-0.2, 0) is 0 Å². The average Bonchev–Trinajstić information content (AvgIpc) is 3.75. The number of rotatable bonds is 4. The quantitative estimate of drug-likeness (QED) is 0.174. The van der Waals surface area contributed by atoms with Gasteiger partial charge in [-0.1, -0.05) is 109 Å². The lowest BCUT2D eigenvalue weighted by molar-refractivity contribution is 0.669. The van der Waals surface area contributed by atoms with Crippen molar-refractivity contribution in [2.24, 2.45) is 0 Å². The Kier molecular flexibility index (Phi) is 6.16. The molecule has 0 unspecified atom stereocenters. The molecule has 3 heteroatoms. The minimum absolute atomic E-state index is 0.882. The number of thiophene rings is 1. The lowest BCUT2D eigenvalue weighted by Crippen LogP contribution is -2.09. The molecule has 11 rings (SSSR count). The van der Waals surface area contributed by atoms with E-state index in [0.717, 1.165) is 39.0 Å². The highest BCUT2D eigenvalue weighted by atomic mass is 32.1. The van der Waals surface area contributed by atoms with E-state index in [4.69, 9.17) is 4.42 Å². The van der Waals surface area contributed by atoms with Crippen molar-refractivity contribution in [1.29, 1.82) is 0 Å². The molecule has 2 heterocycles. The Bertz CT molecular complexity index is 3130. The van der Waals surface area contributed by atoms with Crippen LogP contribution >= 0.6 is 11.3 Å². The predicted octanol–water partition coefficient (Wildman–Crippen LogP) is 14.6. The van der Waals surface area contributed by atoms with Gasteiger partial charge in [0.1, 0.15) is 11.2 Å². The topological polar surface area (TPSA) is 16.4 Å². The maximum atomic E-state index is 6.39. The van der Waals surface area contributed by atoms with E-state index in [1.165, 1.54) is 63.6 Å². The molecule has 0 radical (unpaired) electrons. The van der Waals surface area contributed by atoms with Crippen LogP contribution in [0.15, 0.2) is 180 Å². The molecule has 0 saturated heterocycles. The van der Waals surface area contributed by atoms with Gasteiger partial charge in [0.25, 0.3) is 0 Å². The summed E-state index contributed by atoms with van der Waals surface area (Å²) in [5.41, 5.74) is 7.46. The third-order valence-electron chi connectivity index (χ3n) is 10.4. The number of benzene rings is 9. The Balaban J connectivity index is 1.11. The maximum Gasteiger partial charge on any atom is 0.137 e. The highest BCUT2D eigenvalue weighted by molar-refractivity contribution is 7.25. The van der Waals surface area contributed by atoms with Crippen molar-refractivity contribution >= 4 is 103 Å². The SMILES string of the molecule is c1ccc2c(c1)ccc1c(-c3ccc(N(c4ccc5c(c4)oc4ccccc45)c4ccc5sc6ccccc6c5c4)cc3)cc3ccccc3c12. The van der Waals surface area contributed by atoms with E-state index in [-0.39, 0.29) is 0 Å². The summed E-state index contributed by atoms with van der Waals surface area (Å²) in [7, 11) is 0. The van der Waals surface area contributed by atoms with E-state index < -0.39 is 0 Å². The van der Waals surface area contributed by atoms with Gasteiger partial charge in [0.15, 0.2) is 0 Å². The van der Waals surface area contributed by atoms with Gasteiger partial charge < -0.3 is 9.32 Å². The van der Waals surface area contributed by atoms with Crippen LogP contribution in [0.25, 0.3) is 85.6 Å². The summed E-state index contributed by atoms with van der Waals surface area (Å²) in [5, 5.41) is 12.5. The number of anilines is 3. The summed E-state index contributed by atoms with van der Waals surface area (Å²) in [4.78, 5) is 2.36. The van der Waals surface area contributed by atoms with E-state index in [9.17, 15) is 0 Å². The summed E-state index contributed by atoms with van der Waals surface area (Å²) in [6, 6.07) is 63.9. The Labute approximate surface area is 298 Å². The van der Waals surface area contributed by atoms with E-state index in [1.54, 1.807) is 0 Å². The molecule has 238 valence electrons. The number of hydrogen-bond donors (Lipinski definition) is 0. The highest BCUT2D eigenvalue weighted by Crippen LogP contribution is 2.44. The molecule has 0 aliphatic rings. The smallest absolute Gasteiger partial charge is 0.137 e. The zero-order valence-corrected chi connectivity index (χ0v) is 28.3. The van der Waals surface area contributed by atoms with Crippen LogP contribution in [0.1, 0.15) is 0 Å². The molecule has 0 atom stereocenters. The first-order valence-electron chi connectivity index (χ1n) is 17.3. The molecule has 11 aromatic rings. The Hall–Kier alpha value is -6.42. The fourth-order valence-electron chi connectivity index (χ4n) is 8.05. The Morgan fingerprint density at radius 1 is 0.373 bits per heavy atom.